The molecule has 0 unspecified atom stereocenters. The minimum absolute atomic E-state index is 0.0145. The maximum absolute atomic E-state index is 12.1. The number of alkyl halides is 2. The number of halogens is 2. The Morgan fingerprint density at radius 2 is 2.09 bits per heavy atom. The summed E-state index contributed by atoms with van der Waals surface area (Å²) in [6.45, 7) is 1.53. The first-order chi connectivity index (χ1) is 5.11. The monoisotopic (exact) mass is 212 g/mol. The molecule has 0 N–H and O–H groups in total. The molecule has 0 aromatic carbocycles. The second kappa shape index (κ2) is 3.32. The van der Waals surface area contributed by atoms with Crippen molar-refractivity contribution in [2.75, 3.05) is 0 Å². The molecule has 0 atom stereocenters. The van der Waals surface area contributed by atoms with E-state index < -0.39 is 6.43 Å². The van der Waals surface area contributed by atoms with E-state index in [2.05, 4.69) is 10.2 Å². The van der Waals surface area contributed by atoms with Crippen molar-refractivity contribution >= 4 is 22.8 Å². The van der Waals surface area contributed by atoms with Gasteiger partial charge in [0, 0.05) is 0 Å². The zero-order valence-corrected chi connectivity index (χ0v) is 8.31. The third-order valence-electron chi connectivity index (χ3n) is 1.27. The van der Waals surface area contributed by atoms with Gasteiger partial charge >= 0.3 is 72.5 Å². The van der Waals surface area contributed by atoms with Crippen molar-refractivity contribution in [3.8, 4) is 0 Å². The number of nitrogens with zero attached hydrogens (tertiary/aromatic N) is 2. The molecule has 1 aromatic rings. The first-order valence-corrected chi connectivity index (χ1v) is 4.20. The van der Waals surface area contributed by atoms with E-state index in [0.29, 0.717) is 9.94 Å². The van der Waals surface area contributed by atoms with Crippen LogP contribution in [-0.4, -0.2) is 28.8 Å². The molecule has 0 bridgehead atoms. The quantitative estimate of drug-likeness (QED) is 0.635. The van der Waals surface area contributed by atoms with Crippen LogP contribution in [0, 0.1) is 6.92 Å². The summed E-state index contributed by atoms with van der Waals surface area (Å²) >= 11 is 1.20. The fraction of sp³-hybridized carbons (Fsp3) is 0.333. The van der Waals surface area contributed by atoms with E-state index >= 15 is 0 Å². The summed E-state index contributed by atoms with van der Waals surface area (Å²) in [7, 11) is 0. The van der Waals surface area contributed by atoms with Crippen LogP contribution in [0.3, 0.4) is 0 Å². The molecule has 0 aliphatic carbocycles. The van der Waals surface area contributed by atoms with Gasteiger partial charge in [-0.2, -0.15) is 0 Å². The van der Waals surface area contributed by atoms with E-state index in [0.717, 1.165) is 0 Å². The van der Waals surface area contributed by atoms with Gasteiger partial charge in [-0.3, -0.25) is 0 Å². The molecule has 0 aliphatic rings. The number of hydrogen-bond acceptors (Lipinski definition) is 2. The van der Waals surface area contributed by atoms with Crippen molar-refractivity contribution in [3.63, 3.8) is 0 Å². The van der Waals surface area contributed by atoms with Gasteiger partial charge in [-0.1, -0.05) is 0 Å². The van der Waals surface area contributed by atoms with E-state index in [-0.39, 0.29) is 5.56 Å². The summed E-state index contributed by atoms with van der Waals surface area (Å²) in [6, 6.07) is 1.38. The standard InChI is InChI=1S/C6H5F2N2.Ga/c1-4-5(6(7)8)2-3-9-10-4;/h2,6H,1H3;. The average Bonchev–Trinajstić information content (AvgIpc) is 1.94. The summed E-state index contributed by atoms with van der Waals surface area (Å²) in [4.78, 5) is 0. The Morgan fingerprint density at radius 3 is 2.55 bits per heavy atom. The van der Waals surface area contributed by atoms with E-state index in [1.54, 1.807) is 0 Å². The van der Waals surface area contributed by atoms with Crippen molar-refractivity contribution in [3.05, 3.63) is 17.3 Å². The molecule has 56 valence electrons. The van der Waals surface area contributed by atoms with Gasteiger partial charge in [-0.15, -0.1) is 0 Å². The molecule has 2 nitrogen and oxygen atoms in total. The summed E-state index contributed by atoms with van der Waals surface area (Å²) in [5.74, 6) is 0. The molecule has 0 spiro atoms. The van der Waals surface area contributed by atoms with E-state index in [1.807, 2.05) is 0 Å². The summed E-state index contributed by atoms with van der Waals surface area (Å²) in [6.07, 6.45) is -2.44. The van der Waals surface area contributed by atoms with Crippen LogP contribution in [0.2, 0.25) is 0 Å². The zero-order valence-electron chi connectivity index (χ0n) is 5.88. The first kappa shape index (κ1) is 8.67. The SMILES string of the molecule is Cc1nn[c]([Ga])cc1C(F)F. The van der Waals surface area contributed by atoms with Crippen molar-refractivity contribution in [2.24, 2.45) is 0 Å². The minimum atomic E-state index is -2.44. The Kier molecular flexibility index (Phi) is 2.61. The first-order valence-electron chi connectivity index (χ1n) is 2.99. The van der Waals surface area contributed by atoms with Crippen molar-refractivity contribution < 1.29 is 8.78 Å². The van der Waals surface area contributed by atoms with Crippen molar-refractivity contribution in [1.82, 2.24) is 10.2 Å². The van der Waals surface area contributed by atoms with Gasteiger partial charge in [0.15, 0.2) is 0 Å². The van der Waals surface area contributed by atoms with Crippen LogP contribution >= 0.6 is 0 Å². The fourth-order valence-corrected chi connectivity index (χ4v) is 1.20. The van der Waals surface area contributed by atoms with E-state index in [4.69, 9.17) is 0 Å². The molecule has 5 heteroatoms. The predicted molar refractivity (Wildman–Crippen MR) is 37.1 cm³/mol. The van der Waals surface area contributed by atoms with Gasteiger partial charge in [0.1, 0.15) is 0 Å². The molecule has 0 aliphatic heterocycles. The molecule has 2 radical (unpaired) electrons. The summed E-state index contributed by atoms with van der Waals surface area (Å²) in [5.41, 5.74) is 0.292. The Bertz CT molecular complexity index is 265. The second-order valence-corrected chi connectivity index (χ2v) is 3.35. The van der Waals surface area contributed by atoms with Gasteiger partial charge in [0.2, 0.25) is 0 Å². The molecule has 1 heterocycles. The van der Waals surface area contributed by atoms with Crippen molar-refractivity contribution in [1.29, 1.82) is 0 Å². The average molecular weight is 213 g/mol. The topological polar surface area (TPSA) is 25.8 Å². The van der Waals surface area contributed by atoms with Crippen molar-refractivity contribution in [2.45, 2.75) is 13.3 Å². The van der Waals surface area contributed by atoms with Crippen LogP contribution < -0.4 is 4.25 Å². The fourth-order valence-electron chi connectivity index (χ4n) is 0.704. The number of rotatable bonds is 1. The third kappa shape index (κ3) is 2.00. The van der Waals surface area contributed by atoms with Crippen LogP contribution in [0.4, 0.5) is 8.78 Å². The normalized spacial score (nSPS) is 10.5. The van der Waals surface area contributed by atoms with Crippen LogP contribution in [0.15, 0.2) is 6.07 Å². The van der Waals surface area contributed by atoms with Crippen LogP contribution in [0.5, 0.6) is 0 Å². The summed E-state index contributed by atoms with van der Waals surface area (Å²) < 4.78 is 24.9. The Hall–Kier alpha value is -0.424. The Labute approximate surface area is 72.9 Å². The molecule has 0 saturated carbocycles. The maximum atomic E-state index is 12.1. The van der Waals surface area contributed by atoms with Gasteiger partial charge < -0.3 is 0 Å². The third-order valence-corrected chi connectivity index (χ3v) is 1.86. The molecule has 1 aromatic heterocycles. The molecule has 11 heavy (non-hydrogen) atoms. The van der Waals surface area contributed by atoms with Crippen LogP contribution in [0.1, 0.15) is 17.7 Å². The molecule has 1 rings (SSSR count). The van der Waals surface area contributed by atoms with Gasteiger partial charge in [-0.25, -0.2) is 0 Å². The van der Waals surface area contributed by atoms with Gasteiger partial charge in [-0.05, 0) is 0 Å². The number of aromatic nitrogens is 2. The molecule has 0 saturated heterocycles. The Balaban J connectivity index is 3.13. The van der Waals surface area contributed by atoms with Crippen LogP contribution in [-0.2, 0) is 0 Å². The van der Waals surface area contributed by atoms with Gasteiger partial charge in [0.25, 0.3) is 0 Å². The number of aryl methyl sites for hydroxylation is 1. The van der Waals surface area contributed by atoms with E-state index in [9.17, 15) is 8.78 Å². The molecular formula is C6H5F2GaN2. The van der Waals surface area contributed by atoms with Crippen LogP contribution in [0.25, 0.3) is 0 Å². The van der Waals surface area contributed by atoms with E-state index in [1.165, 1.54) is 31.6 Å². The molecule has 0 fully saturated rings. The zero-order chi connectivity index (χ0) is 8.43. The Morgan fingerprint density at radius 1 is 1.45 bits per heavy atom. The number of hydrogen-bond donors (Lipinski definition) is 0. The second-order valence-electron chi connectivity index (χ2n) is 2.11. The van der Waals surface area contributed by atoms with Gasteiger partial charge in [0.05, 0.1) is 0 Å². The molecule has 0 amide bonds. The molecular weight excluding hydrogens is 208 g/mol. The summed E-state index contributed by atoms with van der Waals surface area (Å²) in [5, 5.41) is 7.25. The predicted octanol–water partition coefficient (Wildman–Crippen LogP) is 0.516.